The summed E-state index contributed by atoms with van der Waals surface area (Å²) >= 11 is 0. The first kappa shape index (κ1) is 21.0. The van der Waals surface area contributed by atoms with E-state index in [-0.39, 0.29) is 30.2 Å². The van der Waals surface area contributed by atoms with E-state index in [0.29, 0.717) is 12.4 Å². The Morgan fingerprint density at radius 1 is 1.35 bits per heavy atom. The molecule has 3 aromatic heterocycles. The highest BCUT2D eigenvalue weighted by molar-refractivity contribution is 5.94. The van der Waals surface area contributed by atoms with Crippen LogP contribution in [0.25, 0.3) is 11.3 Å². The molecule has 0 aliphatic heterocycles. The van der Waals surface area contributed by atoms with Crippen LogP contribution in [0.1, 0.15) is 47.6 Å². The lowest BCUT2D eigenvalue weighted by Gasteiger charge is -2.29. The average molecular weight is 424 g/mol. The van der Waals surface area contributed by atoms with Crippen LogP contribution in [-0.2, 0) is 26.4 Å². The number of H-pyrrole nitrogens is 1. The van der Waals surface area contributed by atoms with Crippen LogP contribution >= 0.6 is 0 Å². The molecule has 1 amide bonds. The number of aromatic amines is 1. The van der Waals surface area contributed by atoms with Gasteiger partial charge in [-0.25, -0.2) is 4.98 Å². The third-order valence-corrected chi connectivity index (χ3v) is 5.62. The molecular formula is C22H29N7O2. The van der Waals surface area contributed by atoms with Crippen LogP contribution < -0.4 is 10.6 Å². The minimum absolute atomic E-state index is 0.125. The third-order valence-electron chi connectivity index (χ3n) is 5.62. The van der Waals surface area contributed by atoms with Gasteiger partial charge in [0.2, 0.25) is 0 Å². The van der Waals surface area contributed by atoms with Crippen molar-refractivity contribution in [3.8, 4) is 11.3 Å². The summed E-state index contributed by atoms with van der Waals surface area (Å²) in [6.07, 6.45) is 6.71. The number of hydrogen-bond donors (Lipinski definition) is 4. The largest absolute Gasteiger partial charge is 0.395 e. The summed E-state index contributed by atoms with van der Waals surface area (Å²) in [5.41, 5.74) is 5.64. The van der Waals surface area contributed by atoms with Crippen molar-refractivity contribution in [3.05, 3.63) is 47.0 Å². The lowest BCUT2D eigenvalue weighted by atomic mass is 9.76. The van der Waals surface area contributed by atoms with Crippen molar-refractivity contribution in [2.45, 2.75) is 39.7 Å². The van der Waals surface area contributed by atoms with Gasteiger partial charge in [-0.2, -0.15) is 10.2 Å². The summed E-state index contributed by atoms with van der Waals surface area (Å²) in [6, 6.07) is 3.69. The molecular weight excluding hydrogens is 394 g/mol. The maximum absolute atomic E-state index is 12.6. The fraction of sp³-hybridized carbons (Fsp3) is 0.455. The number of pyridine rings is 1. The zero-order valence-electron chi connectivity index (χ0n) is 18.2. The third kappa shape index (κ3) is 4.77. The van der Waals surface area contributed by atoms with E-state index < -0.39 is 0 Å². The summed E-state index contributed by atoms with van der Waals surface area (Å²) in [7, 11) is 1.87. The number of rotatable bonds is 7. The Kier molecular flexibility index (Phi) is 5.77. The number of amides is 1. The van der Waals surface area contributed by atoms with Crippen molar-refractivity contribution in [3.63, 3.8) is 0 Å². The number of nitrogens with one attached hydrogen (secondary N) is 3. The van der Waals surface area contributed by atoms with Crippen molar-refractivity contribution >= 4 is 11.7 Å². The van der Waals surface area contributed by atoms with Gasteiger partial charge < -0.3 is 15.7 Å². The first-order valence-corrected chi connectivity index (χ1v) is 10.5. The predicted molar refractivity (Wildman–Crippen MR) is 118 cm³/mol. The highest BCUT2D eigenvalue weighted by atomic mass is 16.3. The molecule has 0 saturated heterocycles. The van der Waals surface area contributed by atoms with Gasteiger partial charge in [-0.3, -0.25) is 14.6 Å². The molecule has 0 unspecified atom stereocenters. The van der Waals surface area contributed by atoms with Crippen LogP contribution in [0, 0.1) is 5.41 Å². The number of aliphatic hydroxyl groups is 1. The number of carbonyl (C=O) groups excluding carboxylic acids is 1. The van der Waals surface area contributed by atoms with Crippen molar-refractivity contribution in [2.24, 2.45) is 12.5 Å². The van der Waals surface area contributed by atoms with Crippen LogP contribution in [0.5, 0.6) is 0 Å². The molecule has 31 heavy (non-hydrogen) atoms. The maximum atomic E-state index is 12.6. The lowest BCUT2D eigenvalue weighted by Crippen LogP contribution is -2.27. The molecule has 9 nitrogen and oxygen atoms in total. The van der Waals surface area contributed by atoms with E-state index in [2.05, 4.69) is 44.8 Å². The minimum atomic E-state index is -0.328. The van der Waals surface area contributed by atoms with Crippen molar-refractivity contribution in [1.82, 2.24) is 30.3 Å². The van der Waals surface area contributed by atoms with Gasteiger partial charge in [-0.1, -0.05) is 13.8 Å². The van der Waals surface area contributed by atoms with E-state index in [9.17, 15) is 4.79 Å². The van der Waals surface area contributed by atoms with Gasteiger partial charge in [0.15, 0.2) is 0 Å². The Morgan fingerprint density at radius 3 is 2.94 bits per heavy atom. The topological polar surface area (TPSA) is 121 Å². The summed E-state index contributed by atoms with van der Waals surface area (Å²) < 4.78 is 1.74. The standard InChI is InChI=1S/C22H29N7O2/c1-22(2)5-4-16-18(10-22)27-28-20(16)15-8-17(21(31)23-6-7-30)26-19(9-15)24-11-14-12-25-29(3)13-14/h8-9,12-13,30H,4-7,10-11H2,1-3H3,(H,23,31)(H,24,26)(H,27,28). The fourth-order valence-electron chi connectivity index (χ4n) is 3.98. The molecule has 0 spiro atoms. The summed E-state index contributed by atoms with van der Waals surface area (Å²) in [6.45, 7) is 5.13. The van der Waals surface area contributed by atoms with E-state index in [1.54, 1.807) is 16.9 Å². The first-order valence-electron chi connectivity index (χ1n) is 10.5. The van der Waals surface area contributed by atoms with E-state index in [4.69, 9.17) is 5.11 Å². The van der Waals surface area contributed by atoms with E-state index in [1.165, 1.54) is 11.3 Å². The number of nitrogens with zero attached hydrogens (tertiary/aromatic N) is 4. The Hall–Kier alpha value is -3.20. The predicted octanol–water partition coefficient (Wildman–Crippen LogP) is 2.05. The number of hydrogen-bond acceptors (Lipinski definition) is 6. The van der Waals surface area contributed by atoms with E-state index in [1.807, 2.05) is 19.3 Å². The lowest BCUT2D eigenvalue weighted by molar-refractivity contribution is 0.0940. The van der Waals surface area contributed by atoms with Crippen molar-refractivity contribution in [2.75, 3.05) is 18.5 Å². The van der Waals surface area contributed by atoms with Crippen LogP contribution in [0.3, 0.4) is 0 Å². The highest BCUT2D eigenvalue weighted by Gasteiger charge is 2.29. The first-order chi connectivity index (χ1) is 14.8. The molecule has 1 aliphatic rings. The molecule has 0 bridgehead atoms. The molecule has 0 atom stereocenters. The average Bonchev–Trinajstić information content (AvgIpc) is 3.34. The van der Waals surface area contributed by atoms with E-state index in [0.717, 1.165) is 36.1 Å². The minimum Gasteiger partial charge on any atom is -0.395 e. The normalized spacial score (nSPS) is 14.8. The number of aromatic nitrogens is 5. The molecule has 164 valence electrons. The van der Waals surface area contributed by atoms with Gasteiger partial charge in [-0.15, -0.1) is 0 Å². The molecule has 1 aliphatic carbocycles. The van der Waals surface area contributed by atoms with Gasteiger partial charge in [0.25, 0.3) is 5.91 Å². The molecule has 3 aromatic rings. The Bertz CT molecular complexity index is 1080. The van der Waals surface area contributed by atoms with Crippen LogP contribution in [-0.4, -0.2) is 49.1 Å². The smallest absolute Gasteiger partial charge is 0.270 e. The van der Waals surface area contributed by atoms with Gasteiger partial charge >= 0.3 is 0 Å². The monoisotopic (exact) mass is 423 g/mol. The molecule has 4 rings (SSSR count). The van der Waals surface area contributed by atoms with Crippen LogP contribution in [0.15, 0.2) is 24.5 Å². The van der Waals surface area contributed by atoms with Crippen LogP contribution in [0.4, 0.5) is 5.82 Å². The molecule has 9 heteroatoms. The van der Waals surface area contributed by atoms with Gasteiger partial charge in [-0.05, 0) is 36.8 Å². The number of aliphatic hydroxyl groups excluding tert-OH is 1. The molecule has 0 saturated carbocycles. The molecule has 3 heterocycles. The molecule has 0 aromatic carbocycles. The Balaban J connectivity index is 1.66. The number of aryl methyl sites for hydroxylation is 1. The van der Waals surface area contributed by atoms with E-state index >= 15 is 0 Å². The Labute approximate surface area is 181 Å². The van der Waals surface area contributed by atoms with Crippen molar-refractivity contribution in [1.29, 1.82) is 0 Å². The summed E-state index contributed by atoms with van der Waals surface area (Å²) in [5.74, 6) is 0.259. The summed E-state index contributed by atoms with van der Waals surface area (Å²) in [4.78, 5) is 17.1. The number of anilines is 1. The molecule has 0 radical (unpaired) electrons. The second kappa shape index (κ2) is 8.50. The summed E-state index contributed by atoms with van der Waals surface area (Å²) in [5, 5.41) is 27.0. The second-order valence-corrected chi connectivity index (χ2v) is 8.85. The Morgan fingerprint density at radius 2 is 2.19 bits per heavy atom. The number of carbonyl (C=O) groups is 1. The highest BCUT2D eigenvalue weighted by Crippen LogP contribution is 2.38. The zero-order chi connectivity index (χ0) is 22.0. The molecule has 0 fully saturated rings. The van der Waals surface area contributed by atoms with Gasteiger partial charge in [0.05, 0.1) is 18.5 Å². The number of fused-ring (bicyclic) bond motifs is 1. The zero-order valence-corrected chi connectivity index (χ0v) is 18.2. The second-order valence-electron chi connectivity index (χ2n) is 8.85. The maximum Gasteiger partial charge on any atom is 0.270 e. The van der Waals surface area contributed by atoms with Crippen LogP contribution in [0.2, 0.25) is 0 Å². The van der Waals surface area contributed by atoms with Gasteiger partial charge in [0, 0.05) is 48.7 Å². The quantitative estimate of drug-likeness (QED) is 0.462. The SMILES string of the molecule is Cn1cc(CNc2cc(-c3n[nH]c4c3CCC(C)(C)C4)cc(C(=O)NCCO)n2)cn1. The van der Waals surface area contributed by atoms with Gasteiger partial charge in [0.1, 0.15) is 11.5 Å². The fourth-order valence-corrected chi connectivity index (χ4v) is 3.98. The van der Waals surface area contributed by atoms with Crippen molar-refractivity contribution < 1.29 is 9.90 Å². The molecule has 4 N–H and O–H groups in total.